The average molecular weight is 219 g/mol. The van der Waals surface area contributed by atoms with Crippen LogP contribution in [0.4, 0.5) is 0 Å². The van der Waals surface area contributed by atoms with Gasteiger partial charge in [-0.2, -0.15) is 0 Å². The topological polar surface area (TPSA) is 35.2 Å². The summed E-state index contributed by atoms with van der Waals surface area (Å²) in [6.07, 6.45) is 2.18. The van der Waals surface area contributed by atoms with Crippen molar-refractivity contribution in [2.75, 3.05) is 6.61 Å². The van der Waals surface area contributed by atoms with Gasteiger partial charge in [0.05, 0.1) is 11.6 Å². The molecule has 1 aromatic carbocycles. The maximum atomic E-state index is 6.38. The fourth-order valence-corrected chi connectivity index (χ4v) is 2.49. The van der Waals surface area contributed by atoms with Gasteiger partial charge in [0.1, 0.15) is 0 Å². The highest BCUT2D eigenvalue weighted by Gasteiger charge is 2.37. The summed E-state index contributed by atoms with van der Waals surface area (Å²) in [5.74, 6) is 0. The van der Waals surface area contributed by atoms with E-state index in [0.29, 0.717) is 0 Å². The van der Waals surface area contributed by atoms with E-state index in [1.807, 2.05) is 0 Å². The average Bonchev–Trinajstić information content (AvgIpc) is 2.70. The number of hydrogen-bond donors (Lipinski definition) is 1. The number of rotatable bonds is 2. The molecule has 1 aromatic rings. The Bertz CT molecular complexity index is 380. The Balaban J connectivity index is 2.33. The monoisotopic (exact) mass is 219 g/mol. The molecule has 0 aromatic heterocycles. The summed E-state index contributed by atoms with van der Waals surface area (Å²) in [4.78, 5) is 0. The molecule has 1 fully saturated rings. The molecule has 0 radical (unpaired) electrons. The third-order valence-corrected chi connectivity index (χ3v) is 3.89. The molecule has 1 aliphatic rings. The standard InChI is InChI=1S/C14H21NO/c1-10-6-4-7-12(11(10)2)13(15)14(3)8-5-9-16-14/h4,6-7,13H,5,8-9,15H2,1-3H3. The molecule has 2 heteroatoms. The second-order valence-corrected chi connectivity index (χ2v) is 5.03. The largest absolute Gasteiger partial charge is 0.373 e. The van der Waals surface area contributed by atoms with Crippen molar-refractivity contribution >= 4 is 0 Å². The van der Waals surface area contributed by atoms with E-state index < -0.39 is 0 Å². The van der Waals surface area contributed by atoms with E-state index in [4.69, 9.17) is 10.5 Å². The van der Waals surface area contributed by atoms with Crippen LogP contribution in [0.5, 0.6) is 0 Å². The Morgan fingerprint density at radius 3 is 2.75 bits per heavy atom. The van der Waals surface area contributed by atoms with Crippen molar-refractivity contribution in [2.45, 2.75) is 45.3 Å². The van der Waals surface area contributed by atoms with Crippen molar-refractivity contribution in [3.05, 3.63) is 34.9 Å². The molecule has 1 aliphatic heterocycles. The summed E-state index contributed by atoms with van der Waals surface area (Å²) in [6.45, 7) is 7.24. The van der Waals surface area contributed by atoms with Crippen molar-refractivity contribution < 1.29 is 4.74 Å². The van der Waals surface area contributed by atoms with Gasteiger partial charge in [-0.1, -0.05) is 18.2 Å². The van der Waals surface area contributed by atoms with Crippen LogP contribution in [0, 0.1) is 13.8 Å². The normalized spacial score (nSPS) is 27.0. The second kappa shape index (κ2) is 4.19. The van der Waals surface area contributed by atoms with Gasteiger partial charge in [0.15, 0.2) is 0 Å². The third-order valence-electron chi connectivity index (χ3n) is 3.89. The van der Waals surface area contributed by atoms with Gasteiger partial charge in [0, 0.05) is 6.61 Å². The quantitative estimate of drug-likeness (QED) is 0.830. The van der Waals surface area contributed by atoms with Gasteiger partial charge in [-0.25, -0.2) is 0 Å². The van der Waals surface area contributed by atoms with E-state index >= 15 is 0 Å². The summed E-state index contributed by atoms with van der Waals surface area (Å²) in [5, 5.41) is 0. The predicted molar refractivity (Wildman–Crippen MR) is 66.4 cm³/mol. The molecule has 0 bridgehead atoms. The summed E-state index contributed by atoms with van der Waals surface area (Å²) < 4.78 is 5.83. The first-order valence-corrected chi connectivity index (χ1v) is 6.00. The van der Waals surface area contributed by atoms with Crippen molar-refractivity contribution in [1.29, 1.82) is 0 Å². The van der Waals surface area contributed by atoms with Gasteiger partial charge in [-0.05, 0) is 50.3 Å². The number of hydrogen-bond acceptors (Lipinski definition) is 2. The summed E-state index contributed by atoms with van der Waals surface area (Å²) in [7, 11) is 0. The maximum Gasteiger partial charge on any atom is 0.0847 e. The molecule has 0 saturated carbocycles. The fraction of sp³-hybridized carbons (Fsp3) is 0.571. The number of aryl methyl sites for hydroxylation is 1. The lowest BCUT2D eigenvalue weighted by Gasteiger charge is -2.32. The smallest absolute Gasteiger partial charge is 0.0847 e. The van der Waals surface area contributed by atoms with Crippen LogP contribution >= 0.6 is 0 Å². The highest BCUT2D eigenvalue weighted by molar-refractivity contribution is 5.36. The molecular weight excluding hydrogens is 198 g/mol. The van der Waals surface area contributed by atoms with Gasteiger partial charge in [-0.15, -0.1) is 0 Å². The lowest BCUT2D eigenvalue weighted by molar-refractivity contribution is -0.00189. The lowest BCUT2D eigenvalue weighted by Crippen LogP contribution is -2.38. The first-order valence-electron chi connectivity index (χ1n) is 6.00. The second-order valence-electron chi connectivity index (χ2n) is 5.03. The zero-order valence-corrected chi connectivity index (χ0v) is 10.4. The molecule has 0 amide bonds. The Labute approximate surface area is 97.8 Å². The summed E-state index contributed by atoms with van der Waals surface area (Å²) >= 11 is 0. The van der Waals surface area contributed by atoms with Crippen LogP contribution in [0.25, 0.3) is 0 Å². The third kappa shape index (κ3) is 1.87. The van der Waals surface area contributed by atoms with Crippen LogP contribution in [0.2, 0.25) is 0 Å². The van der Waals surface area contributed by atoms with Gasteiger partial charge in [-0.3, -0.25) is 0 Å². The Morgan fingerprint density at radius 2 is 2.12 bits per heavy atom. The molecule has 2 N–H and O–H groups in total. The number of nitrogens with two attached hydrogens (primary N) is 1. The lowest BCUT2D eigenvalue weighted by atomic mass is 9.85. The minimum absolute atomic E-state index is 0.0186. The van der Waals surface area contributed by atoms with E-state index in [1.54, 1.807) is 0 Å². The maximum absolute atomic E-state index is 6.38. The summed E-state index contributed by atoms with van der Waals surface area (Å²) in [5.41, 5.74) is 10.0. The van der Waals surface area contributed by atoms with Gasteiger partial charge in [0.2, 0.25) is 0 Å². The molecule has 0 aliphatic carbocycles. The highest BCUT2D eigenvalue weighted by Crippen LogP contribution is 2.37. The van der Waals surface area contributed by atoms with Crippen molar-refractivity contribution in [3.63, 3.8) is 0 Å². The molecule has 88 valence electrons. The molecule has 0 spiro atoms. The molecule has 2 rings (SSSR count). The molecule has 2 atom stereocenters. The number of ether oxygens (including phenoxy) is 1. The van der Waals surface area contributed by atoms with E-state index in [9.17, 15) is 0 Å². The summed E-state index contributed by atoms with van der Waals surface area (Å²) in [6, 6.07) is 6.31. The van der Waals surface area contributed by atoms with Gasteiger partial charge in [0.25, 0.3) is 0 Å². The van der Waals surface area contributed by atoms with E-state index in [-0.39, 0.29) is 11.6 Å². The zero-order valence-electron chi connectivity index (χ0n) is 10.4. The molecule has 2 unspecified atom stereocenters. The van der Waals surface area contributed by atoms with Gasteiger partial charge >= 0.3 is 0 Å². The van der Waals surface area contributed by atoms with E-state index in [0.717, 1.165) is 19.4 Å². The zero-order chi connectivity index (χ0) is 11.8. The van der Waals surface area contributed by atoms with Crippen LogP contribution in [-0.4, -0.2) is 12.2 Å². The Kier molecular flexibility index (Phi) is 3.04. The van der Waals surface area contributed by atoms with Crippen molar-refractivity contribution in [1.82, 2.24) is 0 Å². The molecular formula is C14H21NO. The SMILES string of the molecule is Cc1cccc(C(N)C2(C)CCCO2)c1C. The van der Waals surface area contributed by atoms with E-state index in [1.165, 1.54) is 16.7 Å². The predicted octanol–water partition coefficient (Wildman–Crippen LogP) is 2.87. The minimum Gasteiger partial charge on any atom is -0.373 e. The molecule has 1 saturated heterocycles. The fourth-order valence-electron chi connectivity index (χ4n) is 2.49. The minimum atomic E-state index is -0.182. The van der Waals surface area contributed by atoms with E-state index in [2.05, 4.69) is 39.0 Å². The molecule has 2 nitrogen and oxygen atoms in total. The highest BCUT2D eigenvalue weighted by atomic mass is 16.5. The Hall–Kier alpha value is -0.860. The van der Waals surface area contributed by atoms with Crippen LogP contribution in [-0.2, 0) is 4.74 Å². The van der Waals surface area contributed by atoms with Crippen molar-refractivity contribution in [3.8, 4) is 0 Å². The van der Waals surface area contributed by atoms with Crippen molar-refractivity contribution in [2.24, 2.45) is 5.73 Å². The van der Waals surface area contributed by atoms with Gasteiger partial charge < -0.3 is 10.5 Å². The number of benzene rings is 1. The van der Waals surface area contributed by atoms with Crippen LogP contribution < -0.4 is 5.73 Å². The van der Waals surface area contributed by atoms with Crippen LogP contribution in [0.15, 0.2) is 18.2 Å². The first kappa shape index (κ1) is 11.6. The molecule has 1 heterocycles. The first-order chi connectivity index (χ1) is 7.54. The molecule has 16 heavy (non-hydrogen) atoms. The Morgan fingerprint density at radius 1 is 1.38 bits per heavy atom. The van der Waals surface area contributed by atoms with Crippen LogP contribution in [0.1, 0.15) is 42.5 Å². The van der Waals surface area contributed by atoms with Crippen LogP contribution in [0.3, 0.4) is 0 Å².